The Kier molecular flexibility index (Phi) is 12.4. The molecule has 3 N–H and O–H groups in total. The number of aromatic nitrogens is 3. The van der Waals surface area contributed by atoms with Gasteiger partial charge in [-0.05, 0) is 94.2 Å². The molecule has 0 bridgehead atoms. The zero-order valence-electron chi connectivity index (χ0n) is 30.6. The van der Waals surface area contributed by atoms with Gasteiger partial charge in [0.25, 0.3) is 5.56 Å². The average molecular weight is 752 g/mol. The number of carbonyl (C=O) groups is 3. The van der Waals surface area contributed by atoms with Gasteiger partial charge in [0.15, 0.2) is 0 Å². The van der Waals surface area contributed by atoms with Gasteiger partial charge in [0, 0.05) is 61.4 Å². The van der Waals surface area contributed by atoms with Crippen LogP contribution < -0.4 is 16.2 Å². The van der Waals surface area contributed by atoms with Gasteiger partial charge in [0.1, 0.15) is 0 Å². The van der Waals surface area contributed by atoms with Crippen LogP contribution in [0.3, 0.4) is 0 Å². The van der Waals surface area contributed by atoms with Gasteiger partial charge in [-0.25, -0.2) is 4.98 Å². The molecule has 2 aromatic heterocycles. The number of nitrogens with zero attached hydrogens (tertiary/aromatic N) is 5. The third kappa shape index (κ3) is 9.87. The first kappa shape index (κ1) is 38.6. The lowest BCUT2D eigenvalue weighted by Crippen LogP contribution is -2.51. The lowest BCUT2D eigenvalue weighted by Gasteiger charge is -2.39. The third-order valence-corrected chi connectivity index (χ3v) is 10.3. The Bertz CT molecular complexity index is 2180. The maximum absolute atomic E-state index is 14.0. The molecule has 1 aliphatic heterocycles. The molecule has 6 rings (SSSR count). The van der Waals surface area contributed by atoms with E-state index in [4.69, 9.17) is 11.6 Å². The Morgan fingerprint density at radius 1 is 0.889 bits per heavy atom. The van der Waals surface area contributed by atoms with E-state index >= 15 is 0 Å². The Morgan fingerprint density at radius 3 is 2.22 bits per heavy atom. The molecule has 0 radical (unpaired) electrons. The van der Waals surface area contributed by atoms with Crippen molar-refractivity contribution in [3.63, 3.8) is 0 Å². The molecule has 1 aliphatic rings. The van der Waals surface area contributed by atoms with Crippen molar-refractivity contribution in [2.75, 3.05) is 44.4 Å². The van der Waals surface area contributed by atoms with Crippen LogP contribution in [0.1, 0.15) is 44.1 Å². The fraction of sp³-hybridized carbons (Fsp3) is 0.366. The number of hydrogen-bond acceptors (Lipinski definition) is 8. The lowest BCUT2D eigenvalue weighted by molar-refractivity contribution is -0.140. The summed E-state index contributed by atoms with van der Waals surface area (Å²) in [7, 11) is 3.80. The number of rotatable bonds is 14. The lowest BCUT2D eigenvalue weighted by atomic mass is 9.88. The summed E-state index contributed by atoms with van der Waals surface area (Å²) in [6.07, 6.45) is 5.83. The highest BCUT2D eigenvalue weighted by atomic mass is 35.5. The fourth-order valence-electron chi connectivity index (χ4n) is 6.91. The summed E-state index contributed by atoms with van der Waals surface area (Å²) < 4.78 is 1.42. The monoisotopic (exact) mass is 751 g/mol. The van der Waals surface area contributed by atoms with Crippen molar-refractivity contribution < 1.29 is 19.5 Å². The summed E-state index contributed by atoms with van der Waals surface area (Å²) in [6, 6.07) is 22.0. The quantitative estimate of drug-likeness (QED) is 0.135. The molecule has 0 saturated carbocycles. The molecule has 282 valence electrons. The molecule has 13 heteroatoms. The number of pyridine rings is 1. The first-order valence-corrected chi connectivity index (χ1v) is 18.7. The van der Waals surface area contributed by atoms with Crippen LogP contribution in [0.4, 0.5) is 11.4 Å². The van der Waals surface area contributed by atoms with Crippen LogP contribution >= 0.6 is 11.6 Å². The number of anilines is 2. The standard InChI is InChI=1S/C41H46ClN7O5/c1-47(2)20-16-38(51)46-31-12-14-33-36(25-31)44-27-49(40(33)53)26-41(54)17-21-48(22-18-41)39(52)29(23-28-7-4-3-5-8-28)9-6-10-37(50)45-30-11-13-32-34(42)15-19-43-35(32)24-30/h3-5,7-8,11-15,19,24-25,27,29,54H,6,9-10,16-18,20-23,26H2,1-2H3,(H,45,50)(H,46,51). The highest BCUT2D eigenvalue weighted by Gasteiger charge is 2.36. The van der Waals surface area contributed by atoms with E-state index in [1.807, 2.05) is 55.4 Å². The van der Waals surface area contributed by atoms with Crippen LogP contribution in [0.2, 0.25) is 5.02 Å². The minimum Gasteiger partial charge on any atom is -0.388 e. The SMILES string of the molecule is CN(C)CCC(=O)Nc1ccc2c(=O)n(CC3(O)CCN(C(=O)C(CCCC(=O)Nc4ccc5c(Cl)ccnc5c4)Cc4ccccc4)CC3)cnc2c1. The molecular formula is C41H46ClN7O5. The van der Waals surface area contributed by atoms with Crippen molar-refractivity contribution >= 4 is 62.5 Å². The normalized spacial score (nSPS) is 14.6. The molecule has 0 spiro atoms. The van der Waals surface area contributed by atoms with Gasteiger partial charge in [-0.1, -0.05) is 41.9 Å². The largest absolute Gasteiger partial charge is 0.388 e. The van der Waals surface area contributed by atoms with Crippen LogP contribution in [0.25, 0.3) is 21.8 Å². The van der Waals surface area contributed by atoms with Crippen molar-refractivity contribution in [2.24, 2.45) is 5.92 Å². The van der Waals surface area contributed by atoms with E-state index in [1.165, 1.54) is 10.9 Å². The Morgan fingerprint density at radius 2 is 1.54 bits per heavy atom. The molecule has 12 nitrogen and oxygen atoms in total. The van der Waals surface area contributed by atoms with Gasteiger partial charge in [-0.2, -0.15) is 0 Å². The Balaban J connectivity index is 1.05. The van der Waals surface area contributed by atoms with Crippen LogP contribution in [-0.2, 0) is 27.3 Å². The predicted octanol–water partition coefficient (Wildman–Crippen LogP) is 5.51. The third-order valence-electron chi connectivity index (χ3n) is 9.97. The molecule has 1 unspecified atom stereocenters. The number of fused-ring (bicyclic) bond motifs is 2. The number of hydrogen-bond donors (Lipinski definition) is 3. The van der Waals surface area contributed by atoms with E-state index in [1.54, 1.807) is 47.5 Å². The molecular weight excluding hydrogens is 706 g/mol. The number of benzene rings is 3. The molecule has 54 heavy (non-hydrogen) atoms. The number of halogens is 1. The number of carbonyl (C=O) groups excluding carboxylic acids is 3. The fourth-order valence-corrected chi connectivity index (χ4v) is 7.13. The Labute approximate surface area is 319 Å². The molecule has 5 aromatic rings. The molecule has 1 saturated heterocycles. The van der Waals surface area contributed by atoms with Gasteiger partial charge >= 0.3 is 0 Å². The highest BCUT2D eigenvalue weighted by Crippen LogP contribution is 2.28. The number of piperidine rings is 1. The van der Waals surface area contributed by atoms with Crippen LogP contribution in [0.15, 0.2) is 90.1 Å². The Hall–Kier alpha value is -5.17. The summed E-state index contributed by atoms with van der Waals surface area (Å²) in [5.74, 6) is -0.618. The second kappa shape index (κ2) is 17.3. The van der Waals surface area contributed by atoms with E-state index < -0.39 is 5.60 Å². The van der Waals surface area contributed by atoms with E-state index in [-0.39, 0.29) is 42.2 Å². The van der Waals surface area contributed by atoms with Crippen molar-refractivity contribution in [3.05, 3.63) is 106 Å². The van der Waals surface area contributed by atoms with Gasteiger partial charge in [0.2, 0.25) is 17.7 Å². The van der Waals surface area contributed by atoms with Crippen molar-refractivity contribution in [2.45, 2.75) is 57.1 Å². The van der Waals surface area contributed by atoms with Crippen molar-refractivity contribution in [1.82, 2.24) is 24.3 Å². The van der Waals surface area contributed by atoms with Gasteiger partial charge in [-0.15, -0.1) is 0 Å². The van der Waals surface area contributed by atoms with Crippen LogP contribution in [0.5, 0.6) is 0 Å². The van der Waals surface area contributed by atoms with E-state index in [9.17, 15) is 24.3 Å². The summed E-state index contributed by atoms with van der Waals surface area (Å²) >= 11 is 6.25. The van der Waals surface area contributed by atoms with Crippen molar-refractivity contribution in [3.8, 4) is 0 Å². The minimum atomic E-state index is -1.20. The second-order valence-electron chi connectivity index (χ2n) is 14.4. The first-order valence-electron chi connectivity index (χ1n) is 18.3. The predicted molar refractivity (Wildman–Crippen MR) is 211 cm³/mol. The van der Waals surface area contributed by atoms with Gasteiger partial charge in [0.05, 0.1) is 39.9 Å². The maximum Gasteiger partial charge on any atom is 0.261 e. The van der Waals surface area contributed by atoms with E-state index in [0.29, 0.717) is 91.0 Å². The second-order valence-corrected chi connectivity index (χ2v) is 14.8. The number of amides is 3. The molecule has 3 heterocycles. The van der Waals surface area contributed by atoms with E-state index in [0.717, 1.165) is 10.9 Å². The topological polar surface area (TPSA) is 150 Å². The average Bonchev–Trinajstić information content (AvgIpc) is 3.15. The van der Waals surface area contributed by atoms with Crippen LogP contribution in [-0.4, -0.2) is 86.5 Å². The summed E-state index contributed by atoms with van der Waals surface area (Å²) in [5, 5.41) is 19.2. The van der Waals surface area contributed by atoms with Crippen LogP contribution in [0, 0.1) is 5.92 Å². The zero-order chi connectivity index (χ0) is 38.2. The summed E-state index contributed by atoms with van der Waals surface area (Å²) in [5.41, 5.74) is 1.89. The van der Waals surface area contributed by atoms with E-state index in [2.05, 4.69) is 20.6 Å². The zero-order valence-corrected chi connectivity index (χ0v) is 31.4. The minimum absolute atomic E-state index is 0.00654. The summed E-state index contributed by atoms with van der Waals surface area (Å²) in [6.45, 7) is 1.35. The van der Waals surface area contributed by atoms with Gasteiger partial charge in [-0.3, -0.25) is 28.7 Å². The summed E-state index contributed by atoms with van der Waals surface area (Å²) in [4.78, 5) is 65.1. The number of aliphatic hydroxyl groups is 1. The molecule has 0 aliphatic carbocycles. The van der Waals surface area contributed by atoms with Crippen molar-refractivity contribution in [1.29, 1.82) is 0 Å². The molecule has 3 aromatic carbocycles. The number of likely N-dealkylation sites (tertiary alicyclic amines) is 1. The smallest absolute Gasteiger partial charge is 0.261 e. The highest BCUT2D eigenvalue weighted by molar-refractivity contribution is 6.35. The first-order chi connectivity index (χ1) is 26.0. The molecule has 1 fully saturated rings. The maximum atomic E-state index is 14.0. The molecule has 3 amide bonds. The van der Waals surface area contributed by atoms with Gasteiger partial charge < -0.3 is 25.5 Å². The molecule has 1 atom stereocenters. The number of nitrogens with one attached hydrogen (secondary N) is 2.